The summed E-state index contributed by atoms with van der Waals surface area (Å²) in [6.07, 6.45) is 0. The van der Waals surface area contributed by atoms with E-state index in [0.29, 0.717) is 0 Å². The van der Waals surface area contributed by atoms with Crippen LogP contribution in [0.1, 0.15) is 5.56 Å². The Labute approximate surface area is 202 Å². The van der Waals surface area contributed by atoms with Gasteiger partial charge in [-0.25, -0.2) is 8.78 Å². The molecule has 0 atom stereocenters. The first-order chi connectivity index (χ1) is 17.1. The Balaban J connectivity index is 1.74. The van der Waals surface area contributed by atoms with Crippen molar-refractivity contribution in [1.29, 1.82) is 0 Å². The fraction of sp³-hybridized carbons (Fsp3) is 0.0303. The van der Waals surface area contributed by atoms with Gasteiger partial charge in [0.05, 0.1) is 0 Å². The highest BCUT2D eigenvalue weighted by atomic mass is 19.1. The molecule has 0 nitrogen and oxygen atoms in total. The van der Waals surface area contributed by atoms with Crippen LogP contribution >= 0.6 is 0 Å². The maximum absolute atomic E-state index is 13.9. The summed E-state index contributed by atoms with van der Waals surface area (Å²) in [4.78, 5) is 0. The molecule has 6 aromatic carbocycles. The quantitative estimate of drug-likeness (QED) is 0.244. The van der Waals surface area contributed by atoms with Crippen molar-refractivity contribution in [3.63, 3.8) is 0 Å². The topological polar surface area (TPSA) is 0 Å². The summed E-state index contributed by atoms with van der Waals surface area (Å²) in [5, 5.41) is 4.66. The first kappa shape index (κ1) is 20.1. The maximum atomic E-state index is 13.9. The lowest BCUT2D eigenvalue weighted by molar-refractivity contribution is 0.627. The number of halogens is 2. The predicted octanol–water partition coefficient (Wildman–Crippen LogP) is 9.56. The van der Waals surface area contributed by atoms with Crippen molar-refractivity contribution in [1.82, 2.24) is 0 Å². The molecule has 0 fully saturated rings. The molecule has 166 valence electrons. The van der Waals surface area contributed by atoms with Crippen LogP contribution in [0.15, 0.2) is 103 Å². The second-order valence-corrected chi connectivity index (χ2v) is 9.22. The Morgan fingerprint density at radius 3 is 1.46 bits per heavy atom. The van der Waals surface area contributed by atoms with Crippen molar-refractivity contribution in [3.8, 4) is 44.5 Å². The Kier molecular flexibility index (Phi) is 4.22. The molecule has 0 saturated carbocycles. The molecular formula is C33H20F2. The first-order valence-electron chi connectivity index (χ1n) is 11.8. The second kappa shape index (κ2) is 7.35. The van der Waals surface area contributed by atoms with Gasteiger partial charge >= 0.3 is 0 Å². The van der Waals surface area contributed by atoms with Gasteiger partial charge in [-0.2, -0.15) is 0 Å². The standard InChI is InChI=1S/C33H20F2/c1-19-9-18-28-31-24(19)7-4-8-27(31)32-29(20-10-14-22(34)15-11-20)25-5-2-3-6-26(25)30(33(28)32)21-12-16-23(35)17-13-21/h2-18H,1H3. The molecule has 2 heteroatoms. The molecule has 0 bridgehead atoms. The van der Waals surface area contributed by atoms with E-state index in [1.807, 2.05) is 36.4 Å². The summed E-state index contributed by atoms with van der Waals surface area (Å²) in [5.74, 6) is -0.503. The fourth-order valence-corrected chi connectivity index (χ4v) is 5.78. The molecule has 1 aliphatic rings. The van der Waals surface area contributed by atoms with Crippen LogP contribution in [0, 0.1) is 18.6 Å². The molecule has 0 heterocycles. The zero-order valence-electron chi connectivity index (χ0n) is 19.1. The van der Waals surface area contributed by atoms with Gasteiger partial charge in [0.2, 0.25) is 0 Å². The van der Waals surface area contributed by atoms with Crippen LogP contribution in [0.4, 0.5) is 8.78 Å². The van der Waals surface area contributed by atoms with E-state index in [2.05, 4.69) is 49.4 Å². The van der Waals surface area contributed by atoms with Gasteiger partial charge in [-0.15, -0.1) is 0 Å². The molecule has 0 aromatic heterocycles. The number of fused-ring (bicyclic) bond motifs is 4. The van der Waals surface area contributed by atoms with Crippen LogP contribution in [-0.2, 0) is 0 Å². The van der Waals surface area contributed by atoms with E-state index in [0.717, 1.165) is 44.2 Å². The van der Waals surface area contributed by atoms with Gasteiger partial charge < -0.3 is 0 Å². The summed E-state index contributed by atoms with van der Waals surface area (Å²) in [6, 6.07) is 32.8. The smallest absolute Gasteiger partial charge is 0.123 e. The number of aryl methyl sites for hydroxylation is 1. The Bertz CT molecular complexity index is 1700. The summed E-state index contributed by atoms with van der Waals surface area (Å²) in [5.41, 5.74) is 10.1. The van der Waals surface area contributed by atoms with Gasteiger partial charge in [0.25, 0.3) is 0 Å². The van der Waals surface area contributed by atoms with E-state index in [-0.39, 0.29) is 11.6 Å². The molecule has 0 N–H and O–H groups in total. The number of rotatable bonds is 2. The third-order valence-corrected chi connectivity index (χ3v) is 7.28. The Morgan fingerprint density at radius 1 is 0.429 bits per heavy atom. The minimum Gasteiger partial charge on any atom is -0.207 e. The Hall–Kier alpha value is -4.30. The largest absolute Gasteiger partial charge is 0.207 e. The molecule has 35 heavy (non-hydrogen) atoms. The second-order valence-electron chi connectivity index (χ2n) is 9.22. The van der Waals surface area contributed by atoms with E-state index in [1.54, 1.807) is 0 Å². The number of benzene rings is 6. The predicted molar refractivity (Wildman–Crippen MR) is 141 cm³/mol. The molecule has 6 aromatic rings. The van der Waals surface area contributed by atoms with Gasteiger partial charge in [0, 0.05) is 0 Å². The van der Waals surface area contributed by atoms with Crippen LogP contribution in [0.25, 0.3) is 66.1 Å². The minimum atomic E-state index is -0.251. The highest BCUT2D eigenvalue weighted by Gasteiger charge is 2.30. The van der Waals surface area contributed by atoms with Crippen LogP contribution in [0.5, 0.6) is 0 Å². The average Bonchev–Trinajstić information content (AvgIpc) is 3.21. The van der Waals surface area contributed by atoms with Gasteiger partial charge in [-0.1, -0.05) is 78.9 Å². The normalized spacial score (nSPS) is 11.9. The molecule has 0 radical (unpaired) electrons. The SMILES string of the molecule is Cc1ccc2c3c(cccc13)-c1c-2c(-c2ccc(F)cc2)c2ccccc2c1-c1ccc(F)cc1. The van der Waals surface area contributed by atoms with E-state index < -0.39 is 0 Å². The van der Waals surface area contributed by atoms with Crippen LogP contribution in [-0.4, -0.2) is 0 Å². The lowest BCUT2D eigenvalue weighted by Gasteiger charge is -2.20. The average molecular weight is 455 g/mol. The molecule has 1 aliphatic carbocycles. The van der Waals surface area contributed by atoms with Crippen molar-refractivity contribution in [2.45, 2.75) is 6.92 Å². The van der Waals surface area contributed by atoms with E-state index in [4.69, 9.17) is 0 Å². The van der Waals surface area contributed by atoms with E-state index in [1.165, 1.54) is 51.7 Å². The molecule has 0 unspecified atom stereocenters. The van der Waals surface area contributed by atoms with E-state index in [9.17, 15) is 8.78 Å². The van der Waals surface area contributed by atoms with Gasteiger partial charge in [-0.05, 0) is 103 Å². The van der Waals surface area contributed by atoms with Crippen molar-refractivity contribution in [3.05, 3.63) is 120 Å². The summed E-state index contributed by atoms with van der Waals surface area (Å²) >= 11 is 0. The van der Waals surface area contributed by atoms with Gasteiger partial charge in [0.1, 0.15) is 11.6 Å². The zero-order chi connectivity index (χ0) is 23.7. The highest BCUT2D eigenvalue weighted by molar-refractivity contribution is 6.27. The lowest BCUT2D eigenvalue weighted by Crippen LogP contribution is -1.94. The van der Waals surface area contributed by atoms with Crippen LogP contribution < -0.4 is 0 Å². The maximum Gasteiger partial charge on any atom is 0.123 e. The van der Waals surface area contributed by atoms with Crippen LogP contribution in [0.3, 0.4) is 0 Å². The number of hydrogen-bond donors (Lipinski definition) is 0. The third-order valence-electron chi connectivity index (χ3n) is 7.28. The molecule has 0 amide bonds. The third kappa shape index (κ3) is 2.83. The number of hydrogen-bond acceptors (Lipinski definition) is 0. The van der Waals surface area contributed by atoms with Crippen molar-refractivity contribution in [2.75, 3.05) is 0 Å². The van der Waals surface area contributed by atoms with Crippen LogP contribution in [0.2, 0.25) is 0 Å². The fourth-order valence-electron chi connectivity index (χ4n) is 5.78. The first-order valence-corrected chi connectivity index (χ1v) is 11.8. The summed E-state index contributed by atoms with van der Waals surface area (Å²) < 4.78 is 27.8. The molecule has 0 spiro atoms. The zero-order valence-corrected chi connectivity index (χ0v) is 19.1. The van der Waals surface area contributed by atoms with Gasteiger partial charge in [-0.3, -0.25) is 0 Å². The summed E-state index contributed by atoms with van der Waals surface area (Å²) in [6.45, 7) is 2.14. The van der Waals surface area contributed by atoms with Crippen molar-refractivity contribution in [2.24, 2.45) is 0 Å². The van der Waals surface area contributed by atoms with Crippen molar-refractivity contribution < 1.29 is 8.78 Å². The lowest BCUT2D eigenvalue weighted by atomic mass is 9.82. The molecular weight excluding hydrogens is 434 g/mol. The highest BCUT2D eigenvalue weighted by Crippen LogP contribution is 2.57. The molecule has 7 rings (SSSR count). The molecule has 0 aliphatic heterocycles. The van der Waals surface area contributed by atoms with E-state index >= 15 is 0 Å². The van der Waals surface area contributed by atoms with Crippen molar-refractivity contribution >= 4 is 21.5 Å². The monoisotopic (exact) mass is 454 g/mol. The summed E-state index contributed by atoms with van der Waals surface area (Å²) in [7, 11) is 0. The van der Waals surface area contributed by atoms with Gasteiger partial charge in [0.15, 0.2) is 0 Å². The minimum absolute atomic E-state index is 0.251. The molecule has 0 saturated heterocycles. The Morgan fingerprint density at radius 2 is 0.914 bits per heavy atom.